The van der Waals surface area contributed by atoms with Crippen molar-refractivity contribution in [3.8, 4) is 0 Å². The molecule has 2 heterocycles. The highest BCUT2D eigenvalue weighted by Crippen LogP contribution is 2.20. The number of piperazine rings is 1. The first-order chi connectivity index (χ1) is 14.3. The Kier molecular flexibility index (Phi) is 7.49. The van der Waals surface area contributed by atoms with Crippen molar-refractivity contribution >= 4 is 21.9 Å². The molecule has 1 aromatic rings. The van der Waals surface area contributed by atoms with Crippen LogP contribution in [0.1, 0.15) is 25.3 Å². The van der Waals surface area contributed by atoms with Crippen LogP contribution in [0.3, 0.4) is 0 Å². The number of likely N-dealkylation sites (tertiary alicyclic amines) is 1. The molecule has 2 aliphatic heterocycles. The molecule has 2 aliphatic rings. The molecular weight excluding hydrogens is 406 g/mol. The number of nitrogens with zero attached hydrogens (tertiary/aromatic N) is 3. The highest BCUT2D eigenvalue weighted by Gasteiger charge is 2.32. The van der Waals surface area contributed by atoms with Crippen molar-refractivity contribution in [2.75, 3.05) is 52.4 Å². The molecule has 166 valence electrons. The molecule has 1 atom stereocenters. The Labute approximate surface area is 178 Å². The predicted molar refractivity (Wildman–Crippen MR) is 112 cm³/mol. The molecule has 8 nitrogen and oxygen atoms in total. The minimum Gasteiger partial charge on any atom is -0.466 e. The second kappa shape index (κ2) is 9.89. The van der Waals surface area contributed by atoms with E-state index < -0.39 is 10.0 Å². The minimum absolute atomic E-state index is 0.0150. The fourth-order valence-electron chi connectivity index (χ4n) is 3.93. The molecule has 0 aromatic heterocycles. The Morgan fingerprint density at radius 1 is 1.07 bits per heavy atom. The topological polar surface area (TPSA) is 87.2 Å². The number of amides is 1. The predicted octanol–water partition coefficient (Wildman–Crippen LogP) is 1.10. The quantitative estimate of drug-likeness (QED) is 0.620. The lowest BCUT2D eigenvalue weighted by Gasteiger charge is -2.36. The summed E-state index contributed by atoms with van der Waals surface area (Å²) in [7, 11) is -3.51. The summed E-state index contributed by atoms with van der Waals surface area (Å²) in [6.45, 7) is 7.07. The first-order valence-corrected chi connectivity index (χ1v) is 12.0. The minimum atomic E-state index is -3.51. The van der Waals surface area contributed by atoms with E-state index in [0.29, 0.717) is 50.8 Å². The van der Waals surface area contributed by atoms with Crippen LogP contribution < -0.4 is 0 Å². The van der Waals surface area contributed by atoms with Crippen molar-refractivity contribution in [1.29, 1.82) is 0 Å². The van der Waals surface area contributed by atoms with E-state index in [9.17, 15) is 18.0 Å². The molecule has 0 saturated carbocycles. The van der Waals surface area contributed by atoms with E-state index in [-0.39, 0.29) is 24.3 Å². The van der Waals surface area contributed by atoms with Gasteiger partial charge in [-0.05, 0) is 38.8 Å². The smallest absolute Gasteiger partial charge is 0.310 e. The molecule has 2 saturated heterocycles. The highest BCUT2D eigenvalue weighted by atomic mass is 32.2. The van der Waals surface area contributed by atoms with Gasteiger partial charge in [-0.15, -0.1) is 0 Å². The third kappa shape index (κ3) is 5.39. The zero-order valence-corrected chi connectivity index (χ0v) is 18.6. The van der Waals surface area contributed by atoms with Gasteiger partial charge in [-0.3, -0.25) is 14.5 Å². The van der Waals surface area contributed by atoms with Crippen LogP contribution in [-0.4, -0.2) is 86.8 Å². The summed E-state index contributed by atoms with van der Waals surface area (Å²) in [6, 6.07) is 6.86. The van der Waals surface area contributed by atoms with Crippen LogP contribution in [0, 0.1) is 12.8 Å². The second-order valence-electron chi connectivity index (χ2n) is 7.92. The summed E-state index contributed by atoms with van der Waals surface area (Å²) in [5.41, 5.74) is 1.01. The largest absolute Gasteiger partial charge is 0.466 e. The van der Waals surface area contributed by atoms with Gasteiger partial charge in [-0.1, -0.05) is 17.7 Å². The second-order valence-corrected chi connectivity index (χ2v) is 9.86. The van der Waals surface area contributed by atoms with Crippen molar-refractivity contribution in [3.63, 3.8) is 0 Å². The van der Waals surface area contributed by atoms with Crippen LogP contribution in [0.5, 0.6) is 0 Å². The van der Waals surface area contributed by atoms with E-state index in [1.54, 1.807) is 36.1 Å². The lowest BCUT2D eigenvalue weighted by molar-refractivity contribution is -0.151. The van der Waals surface area contributed by atoms with Gasteiger partial charge >= 0.3 is 5.97 Å². The van der Waals surface area contributed by atoms with E-state index in [0.717, 1.165) is 18.4 Å². The van der Waals surface area contributed by atoms with Crippen LogP contribution >= 0.6 is 0 Å². The molecule has 1 amide bonds. The number of hydrogen-bond donors (Lipinski definition) is 0. The molecule has 1 aromatic carbocycles. The highest BCUT2D eigenvalue weighted by molar-refractivity contribution is 7.89. The number of sulfonamides is 1. The molecule has 2 fully saturated rings. The molecule has 3 rings (SSSR count). The Morgan fingerprint density at radius 3 is 2.37 bits per heavy atom. The Balaban J connectivity index is 1.51. The summed E-state index contributed by atoms with van der Waals surface area (Å²) in [5, 5.41) is 0. The molecule has 0 bridgehead atoms. The van der Waals surface area contributed by atoms with Crippen molar-refractivity contribution in [2.45, 2.75) is 31.6 Å². The Morgan fingerprint density at radius 2 is 1.73 bits per heavy atom. The van der Waals surface area contributed by atoms with E-state index in [1.165, 1.54) is 4.31 Å². The summed E-state index contributed by atoms with van der Waals surface area (Å²) in [5.74, 6) is -0.497. The number of ether oxygens (including phenoxy) is 1. The van der Waals surface area contributed by atoms with E-state index in [4.69, 9.17) is 4.74 Å². The maximum absolute atomic E-state index is 12.8. The lowest BCUT2D eigenvalue weighted by atomic mass is 9.98. The molecule has 9 heteroatoms. The monoisotopic (exact) mass is 437 g/mol. The van der Waals surface area contributed by atoms with Crippen LogP contribution in [0.4, 0.5) is 0 Å². The molecule has 0 spiro atoms. The molecule has 0 unspecified atom stereocenters. The van der Waals surface area contributed by atoms with Crippen LogP contribution in [0.25, 0.3) is 0 Å². The summed E-state index contributed by atoms with van der Waals surface area (Å²) < 4.78 is 32.2. The number of rotatable bonds is 6. The molecule has 0 radical (unpaired) electrons. The van der Waals surface area contributed by atoms with Crippen molar-refractivity contribution < 1.29 is 22.7 Å². The van der Waals surface area contributed by atoms with Crippen molar-refractivity contribution in [2.24, 2.45) is 5.92 Å². The van der Waals surface area contributed by atoms with Gasteiger partial charge in [0.05, 0.1) is 24.0 Å². The standard InChI is InChI=1S/C21H31N3O5S/c1-3-29-21(26)18-5-4-10-23(15-18)20(25)16-22-11-13-24(14-12-22)30(27,28)19-8-6-17(2)7-9-19/h6-9,18H,3-5,10-16H2,1-2H3/t18-/m1/s1. The fourth-order valence-corrected chi connectivity index (χ4v) is 5.36. The van der Waals surface area contributed by atoms with E-state index in [1.807, 2.05) is 11.8 Å². The summed E-state index contributed by atoms with van der Waals surface area (Å²) >= 11 is 0. The third-order valence-corrected chi connectivity index (χ3v) is 7.66. The average Bonchev–Trinajstić information content (AvgIpc) is 2.74. The van der Waals surface area contributed by atoms with Gasteiger partial charge < -0.3 is 9.64 Å². The van der Waals surface area contributed by atoms with Crippen LogP contribution in [-0.2, 0) is 24.3 Å². The normalized spacial score (nSPS) is 21.4. The Hall–Kier alpha value is -1.97. The SMILES string of the molecule is CCOC(=O)[C@@H]1CCCN(C(=O)CN2CCN(S(=O)(=O)c3ccc(C)cc3)CC2)C1. The average molecular weight is 438 g/mol. The summed E-state index contributed by atoms with van der Waals surface area (Å²) in [6.07, 6.45) is 1.54. The van der Waals surface area contributed by atoms with Gasteiger partial charge in [0, 0.05) is 39.3 Å². The molecule has 0 N–H and O–H groups in total. The zero-order chi connectivity index (χ0) is 21.7. The van der Waals surface area contributed by atoms with E-state index >= 15 is 0 Å². The van der Waals surface area contributed by atoms with Gasteiger partial charge in [-0.2, -0.15) is 4.31 Å². The van der Waals surface area contributed by atoms with Crippen molar-refractivity contribution in [3.05, 3.63) is 29.8 Å². The Bertz CT molecular complexity index is 848. The number of aryl methyl sites for hydroxylation is 1. The fraction of sp³-hybridized carbons (Fsp3) is 0.619. The number of esters is 1. The zero-order valence-electron chi connectivity index (χ0n) is 17.7. The molecule has 0 aliphatic carbocycles. The van der Waals surface area contributed by atoms with Gasteiger partial charge in [0.2, 0.25) is 15.9 Å². The molecule has 30 heavy (non-hydrogen) atoms. The van der Waals surface area contributed by atoms with Crippen LogP contribution in [0.15, 0.2) is 29.2 Å². The number of piperidine rings is 1. The maximum Gasteiger partial charge on any atom is 0.310 e. The van der Waals surface area contributed by atoms with Gasteiger partial charge in [0.1, 0.15) is 0 Å². The number of carbonyl (C=O) groups is 2. The van der Waals surface area contributed by atoms with Gasteiger partial charge in [0.15, 0.2) is 0 Å². The third-order valence-electron chi connectivity index (χ3n) is 5.74. The number of carbonyl (C=O) groups excluding carboxylic acids is 2. The number of hydrogen-bond acceptors (Lipinski definition) is 6. The molecular formula is C21H31N3O5S. The summed E-state index contributed by atoms with van der Waals surface area (Å²) in [4.78, 5) is 28.7. The lowest BCUT2D eigenvalue weighted by Crippen LogP contribution is -2.52. The van der Waals surface area contributed by atoms with Gasteiger partial charge in [-0.25, -0.2) is 8.42 Å². The number of benzene rings is 1. The maximum atomic E-state index is 12.8. The first kappa shape index (κ1) is 22.7. The first-order valence-electron chi connectivity index (χ1n) is 10.5. The van der Waals surface area contributed by atoms with E-state index in [2.05, 4.69) is 0 Å². The van der Waals surface area contributed by atoms with Gasteiger partial charge in [0.25, 0.3) is 0 Å². The van der Waals surface area contributed by atoms with Crippen molar-refractivity contribution in [1.82, 2.24) is 14.1 Å². The van der Waals surface area contributed by atoms with Crippen LogP contribution in [0.2, 0.25) is 0 Å².